The Bertz CT molecular complexity index is 779. The molecule has 0 radical (unpaired) electrons. The molecule has 4 rings (SSSR count). The molecule has 4 heterocycles. The van der Waals surface area contributed by atoms with Gasteiger partial charge in [0.2, 0.25) is 5.91 Å². The molecule has 2 aromatic heterocycles. The smallest absolute Gasteiger partial charge is 0.226 e. The number of thiophene rings is 1. The summed E-state index contributed by atoms with van der Waals surface area (Å²) in [6.45, 7) is 7.55. The standard InChI is InChI=1S/C19H24N4OS/c1-13-14(2)20-12-21-18(13)22-7-3-15(4-8-22)19(24)23-9-5-17-16(11-23)6-10-25-17/h6,10,12,15H,3-5,7-9,11H2,1-2H3. The molecule has 2 aromatic rings. The number of carbonyl (C=O) groups excluding carboxylic acids is 1. The predicted molar refractivity (Wildman–Crippen MR) is 99.9 cm³/mol. The summed E-state index contributed by atoms with van der Waals surface area (Å²) < 4.78 is 0. The second-order valence-corrected chi connectivity index (χ2v) is 8.05. The molecule has 0 N–H and O–H groups in total. The van der Waals surface area contributed by atoms with Crippen molar-refractivity contribution < 1.29 is 4.79 Å². The molecule has 0 aromatic carbocycles. The Morgan fingerprint density at radius 1 is 1.20 bits per heavy atom. The van der Waals surface area contributed by atoms with Crippen LogP contribution in [-0.4, -0.2) is 40.4 Å². The first-order valence-electron chi connectivity index (χ1n) is 9.00. The number of aromatic nitrogens is 2. The average molecular weight is 356 g/mol. The molecule has 0 unspecified atom stereocenters. The molecule has 25 heavy (non-hydrogen) atoms. The van der Waals surface area contributed by atoms with Gasteiger partial charge < -0.3 is 9.80 Å². The van der Waals surface area contributed by atoms with Crippen LogP contribution in [0.2, 0.25) is 0 Å². The lowest BCUT2D eigenvalue weighted by Crippen LogP contribution is -2.44. The van der Waals surface area contributed by atoms with Crippen LogP contribution in [0.5, 0.6) is 0 Å². The van der Waals surface area contributed by atoms with Gasteiger partial charge in [0, 0.05) is 48.2 Å². The molecule has 0 spiro atoms. The SMILES string of the molecule is Cc1ncnc(N2CCC(C(=O)N3CCc4sccc4C3)CC2)c1C. The lowest BCUT2D eigenvalue weighted by atomic mass is 9.94. The lowest BCUT2D eigenvalue weighted by molar-refractivity contribution is -0.137. The van der Waals surface area contributed by atoms with Gasteiger partial charge in [-0.1, -0.05) is 0 Å². The number of hydrogen-bond acceptors (Lipinski definition) is 5. The van der Waals surface area contributed by atoms with Crippen LogP contribution in [0.4, 0.5) is 5.82 Å². The van der Waals surface area contributed by atoms with Crippen LogP contribution in [0.3, 0.4) is 0 Å². The van der Waals surface area contributed by atoms with Crippen LogP contribution >= 0.6 is 11.3 Å². The Morgan fingerprint density at radius 2 is 2.00 bits per heavy atom. The van der Waals surface area contributed by atoms with E-state index in [1.807, 2.05) is 18.3 Å². The van der Waals surface area contributed by atoms with E-state index in [9.17, 15) is 4.79 Å². The van der Waals surface area contributed by atoms with Crippen molar-refractivity contribution >= 4 is 23.1 Å². The molecule has 1 fully saturated rings. The number of piperidine rings is 1. The second-order valence-electron chi connectivity index (χ2n) is 7.05. The Kier molecular flexibility index (Phi) is 4.46. The number of nitrogens with zero attached hydrogens (tertiary/aromatic N) is 4. The van der Waals surface area contributed by atoms with Gasteiger partial charge >= 0.3 is 0 Å². The van der Waals surface area contributed by atoms with E-state index in [-0.39, 0.29) is 5.92 Å². The zero-order valence-corrected chi connectivity index (χ0v) is 15.7. The van der Waals surface area contributed by atoms with Gasteiger partial charge in [-0.2, -0.15) is 0 Å². The molecule has 1 saturated heterocycles. The Balaban J connectivity index is 1.39. The Labute approximate surface area is 152 Å². The molecule has 1 amide bonds. The summed E-state index contributed by atoms with van der Waals surface area (Å²) in [6.07, 6.45) is 4.47. The number of aryl methyl sites for hydroxylation is 1. The molecule has 0 aliphatic carbocycles. The summed E-state index contributed by atoms with van der Waals surface area (Å²) >= 11 is 1.82. The number of amides is 1. The minimum absolute atomic E-state index is 0.152. The van der Waals surface area contributed by atoms with Gasteiger partial charge in [-0.05, 0) is 50.1 Å². The third-order valence-corrected chi connectivity index (χ3v) is 6.60. The number of rotatable bonds is 2. The van der Waals surface area contributed by atoms with Gasteiger partial charge in [0.25, 0.3) is 0 Å². The second kappa shape index (κ2) is 6.75. The van der Waals surface area contributed by atoms with E-state index in [2.05, 4.69) is 38.1 Å². The summed E-state index contributed by atoms with van der Waals surface area (Å²) in [5.41, 5.74) is 3.52. The third kappa shape index (κ3) is 3.15. The summed E-state index contributed by atoms with van der Waals surface area (Å²) in [5.74, 6) is 1.52. The minimum atomic E-state index is 0.152. The molecule has 132 valence electrons. The Morgan fingerprint density at radius 3 is 2.80 bits per heavy atom. The largest absolute Gasteiger partial charge is 0.356 e. The van der Waals surface area contributed by atoms with Crippen molar-refractivity contribution in [3.63, 3.8) is 0 Å². The van der Waals surface area contributed by atoms with Crippen molar-refractivity contribution in [1.82, 2.24) is 14.9 Å². The zero-order chi connectivity index (χ0) is 17.4. The summed E-state index contributed by atoms with van der Waals surface area (Å²) in [7, 11) is 0. The monoisotopic (exact) mass is 356 g/mol. The van der Waals surface area contributed by atoms with Crippen molar-refractivity contribution in [2.75, 3.05) is 24.5 Å². The first kappa shape index (κ1) is 16.5. The van der Waals surface area contributed by atoms with Crippen LogP contribution in [0.15, 0.2) is 17.8 Å². The number of carbonyl (C=O) groups is 1. The van der Waals surface area contributed by atoms with Crippen LogP contribution in [-0.2, 0) is 17.8 Å². The van der Waals surface area contributed by atoms with E-state index >= 15 is 0 Å². The number of hydrogen-bond donors (Lipinski definition) is 0. The van der Waals surface area contributed by atoms with E-state index in [1.165, 1.54) is 10.4 Å². The van der Waals surface area contributed by atoms with E-state index in [0.717, 1.165) is 62.5 Å². The molecule has 0 atom stereocenters. The minimum Gasteiger partial charge on any atom is -0.356 e. The molecule has 0 bridgehead atoms. The van der Waals surface area contributed by atoms with Crippen molar-refractivity contribution in [1.29, 1.82) is 0 Å². The highest BCUT2D eigenvalue weighted by atomic mass is 32.1. The van der Waals surface area contributed by atoms with Crippen LogP contribution < -0.4 is 4.90 Å². The normalized spacial score (nSPS) is 18.3. The molecule has 0 saturated carbocycles. The predicted octanol–water partition coefficient (Wildman–Crippen LogP) is 2.96. The summed E-state index contributed by atoms with van der Waals surface area (Å²) in [5, 5.41) is 2.14. The van der Waals surface area contributed by atoms with Crippen LogP contribution in [0.25, 0.3) is 0 Å². The van der Waals surface area contributed by atoms with E-state index in [4.69, 9.17) is 0 Å². The van der Waals surface area contributed by atoms with Crippen molar-refractivity contribution in [3.8, 4) is 0 Å². The maximum atomic E-state index is 12.9. The van der Waals surface area contributed by atoms with E-state index in [0.29, 0.717) is 5.91 Å². The van der Waals surface area contributed by atoms with E-state index in [1.54, 1.807) is 6.33 Å². The number of anilines is 1. The molecule has 2 aliphatic rings. The fourth-order valence-corrected chi connectivity index (χ4v) is 4.77. The highest BCUT2D eigenvalue weighted by Crippen LogP contribution is 2.29. The van der Waals surface area contributed by atoms with Gasteiger partial charge in [0.05, 0.1) is 0 Å². The molecule has 2 aliphatic heterocycles. The van der Waals surface area contributed by atoms with Crippen LogP contribution in [0, 0.1) is 19.8 Å². The molecular weight excluding hydrogens is 332 g/mol. The van der Waals surface area contributed by atoms with Crippen LogP contribution in [0.1, 0.15) is 34.5 Å². The summed E-state index contributed by atoms with van der Waals surface area (Å²) in [4.78, 5) is 27.5. The van der Waals surface area contributed by atoms with Crippen molar-refractivity contribution in [3.05, 3.63) is 39.5 Å². The molecule has 6 heteroatoms. The molecular formula is C19H24N4OS. The van der Waals surface area contributed by atoms with Crippen molar-refractivity contribution in [2.45, 2.75) is 39.7 Å². The van der Waals surface area contributed by atoms with Gasteiger partial charge in [-0.15, -0.1) is 11.3 Å². The first-order valence-corrected chi connectivity index (χ1v) is 9.88. The lowest BCUT2D eigenvalue weighted by Gasteiger charge is -2.36. The highest BCUT2D eigenvalue weighted by molar-refractivity contribution is 7.10. The summed E-state index contributed by atoms with van der Waals surface area (Å²) in [6, 6.07) is 2.17. The quantitative estimate of drug-likeness (QED) is 0.830. The fourth-order valence-electron chi connectivity index (χ4n) is 3.88. The maximum Gasteiger partial charge on any atom is 0.226 e. The van der Waals surface area contributed by atoms with Gasteiger partial charge in [-0.25, -0.2) is 9.97 Å². The van der Waals surface area contributed by atoms with Gasteiger partial charge in [0.15, 0.2) is 0 Å². The molecule has 5 nitrogen and oxygen atoms in total. The number of fused-ring (bicyclic) bond motifs is 1. The maximum absolute atomic E-state index is 12.9. The third-order valence-electron chi connectivity index (χ3n) is 5.57. The zero-order valence-electron chi connectivity index (χ0n) is 14.9. The topological polar surface area (TPSA) is 49.3 Å². The van der Waals surface area contributed by atoms with Gasteiger partial charge in [-0.3, -0.25) is 4.79 Å². The Hall–Kier alpha value is -1.95. The average Bonchev–Trinajstić information content (AvgIpc) is 3.11. The van der Waals surface area contributed by atoms with E-state index < -0.39 is 0 Å². The highest BCUT2D eigenvalue weighted by Gasteiger charge is 2.31. The fraction of sp³-hybridized carbons (Fsp3) is 0.526. The van der Waals surface area contributed by atoms with Crippen molar-refractivity contribution in [2.24, 2.45) is 5.92 Å². The first-order chi connectivity index (χ1) is 12.1. The van der Waals surface area contributed by atoms with Gasteiger partial charge in [0.1, 0.15) is 12.1 Å².